The predicted octanol–water partition coefficient (Wildman–Crippen LogP) is 2.61. The maximum absolute atomic E-state index is 2.16. The minimum Gasteiger partial charge on any atom is -0.0617 e. The van der Waals surface area contributed by atoms with E-state index in [4.69, 9.17) is 0 Å². The number of hydrogen-bond acceptors (Lipinski definition) is 0. The SMILES string of the molecule is Cc1cccc(C)c1C.[Pd]. The maximum Gasteiger partial charge on any atom is 0 e. The van der Waals surface area contributed by atoms with Crippen molar-refractivity contribution in [2.24, 2.45) is 0 Å². The van der Waals surface area contributed by atoms with Crippen LogP contribution in [-0.2, 0) is 20.4 Å². The van der Waals surface area contributed by atoms with Gasteiger partial charge in [-0.2, -0.15) is 0 Å². The summed E-state index contributed by atoms with van der Waals surface area (Å²) in [5.41, 5.74) is 4.18. The Balaban J connectivity index is 0.000000810. The molecule has 58 valence electrons. The molecule has 0 aliphatic rings. The third kappa shape index (κ3) is 1.94. The molecule has 0 amide bonds. The van der Waals surface area contributed by atoms with E-state index in [1.54, 1.807) is 0 Å². The second-order valence-electron chi connectivity index (χ2n) is 2.52. The summed E-state index contributed by atoms with van der Waals surface area (Å²) in [6, 6.07) is 6.38. The van der Waals surface area contributed by atoms with Crippen LogP contribution in [-0.4, -0.2) is 0 Å². The molecular weight excluding hydrogens is 215 g/mol. The first kappa shape index (κ1) is 9.88. The zero-order valence-corrected chi connectivity index (χ0v) is 8.10. The van der Waals surface area contributed by atoms with Crippen molar-refractivity contribution in [2.45, 2.75) is 20.8 Å². The van der Waals surface area contributed by atoms with Crippen LogP contribution < -0.4 is 0 Å². The van der Waals surface area contributed by atoms with Crippen molar-refractivity contribution >= 4 is 0 Å². The fourth-order valence-electron chi connectivity index (χ4n) is 0.898. The van der Waals surface area contributed by atoms with Crippen LogP contribution in [0.4, 0.5) is 0 Å². The first-order valence-electron chi connectivity index (χ1n) is 3.24. The Morgan fingerprint density at radius 3 is 1.60 bits per heavy atom. The molecule has 0 aliphatic carbocycles. The van der Waals surface area contributed by atoms with E-state index < -0.39 is 0 Å². The van der Waals surface area contributed by atoms with Crippen molar-refractivity contribution in [1.29, 1.82) is 0 Å². The van der Waals surface area contributed by atoms with Gasteiger partial charge in [-0.05, 0) is 37.5 Å². The molecule has 0 spiro atoms. The fraction of sp³-hybridized carbons (Fsp3) is 0.333. The van der Waals surface area contributed by atoms with Gasteiger partial charge >= 0.3 is 0 Å². The van der Waals surface area contributed by atoms with Crippen molar-refractivity contribution < 1.29 is 20.4 Å². The molecule has 0 atom stereocenters. The molecule has 0 nitrogen and oxygen atoms in total. The summed E-state index contributed by atoms with van der Waals surface area (Å²) in [4.78, 5) is 0. The van der Waals surface area contributed by atoms with Crippen LogP contribution >= 0.6 is 0 Å². The molecule has 1 aromatic rings. The topological polar surface area (TPSA) is 0 Å². The van der Waals surface area contributed by atoms with E-state index in [0.717, 1.165) is 0 Å². The summed E-state index contributed by atoms with van der Waals surface area (Å²) < 4.78 is 0. The summed E-state index contributed by atoms with van der Waals surface area (Å²) in [5, 5.41) is 0. The molecule has 0 fully saturated rings. The maximum atomic E-state index is 2.16. The van der Waals surface area contributed by atoms with Crippen LogP contribution in [0, 0.1) is 20.8 Å². The Hall–Kier alpha value is -0.118. The van der Waals surface area contributed by atoms with E-state index in [9.17, 15) is 0 Å². The molecule has 1 heteroatoms. The molecule has 0 N–H and O–H groups in total. The van der Waals surface area contributed by atoms with Crippen LogP contribution in [0.3, 0.4) is 0 Å². The smallest absolute Gasteiger partial charge is 0 e. The van der Waals surface area contributed by atoms with Gasteiger partial charge in [0, 0.05) is 20.4 Å². The average Bonchev–Trinajstić information content (AvgIpc) is 1.83. The van der Waals surface area contributed by atoms with Crippen LogP contribution in [0.1, 0.15) is 16.7 Å². The summed E-state index contributed by atoms with van der Waals surface area (Å²) in [6.45, 7) is 6.44. The van der Waals surface area contributed by atoms with Gasteiger partial charge in [0.2, 0.25) is 0 Å². The van der Waals surface area contributed by atoms with E-state index >= 15 is 0 Å². The molecule has 0 aliphatic heterocycles. The van der Waals surface area contributed by atoms with Crippen molar-refractivity contribution in [3.63, 3.8) is 0 Å². The van der Waals surface area contributed by atoms with E-state index in [2.05, 4.69) is 39.0 Å². The molecule has 0 radical (unpaired) electrons. The third-order valence-corrected chi connectivity index (χ3v) is 1.88. The average molecular weight is 227 g/mol. The number of rotatable bonds is 0. The van der Waals surface area contributed by atoms with E-state index in [1.807, 2.05) is 0 Å². The Labute approximate surface area is 76.3 Å². The minimum absolute atomic E-state index is 0. The van der Waals surface area contributed by atoms with Crippen LogP contribution in [0.2, 0.25) is 0 Å². The molecule has 0 bridgehead atoms. The molecule has 1 aromatic carbocycles. The van der Waals surface area contributed by atoms with E-state index in [-0.39, 0.29) is 20.4 Å². The zero-order chi connectivity index (χ0) is 6.85. The molecule has 0 unspecified atom stereocenters. The van der Waals surface area contributed by atoms with Gasteiger partial charge in [-0.15, -0.1) is 0 Å². The van der Waals surface area contributed by atoms with Crippen molar-refractivity contribution in [3.05, 3.63) is 34.9 Å². The standard InChI is InChI=1S/C9H12.Pd/c1-7-5-4-6-8(2)9(7)3;/h4-6H,1-3H3;. The Bertz CT molecular complexity index is 196. The van der Waals surface area contributed by atoms with Gasteiger partial charge in [-0.1, -0.05) is 18.2 Å². The molecular formula is C9H12Pd. The quantitative estimate of drug-likeness (QED) is 0.597. The third-order valence-electron chi connectivity index (χ3n) is 1.88. The van der Waals surface area contributed by atoms with Gasteiger partial charge in [0.25, 0.3) is 0 Å². The summed E-state index contributed by atoms with van der Waals surface area (Å²) in [6.07, 6.45) is 0. The summed E-state index contributed by atoms with van der Waals surface area (Å²) >= 11 is 0. The largest absolute Gasteiger partial charge is 0.0617 e. The van der Waals surface area contributed by atoms with Crippen LogP contribution in [0.5, 0.6) is 0 Å². The molecule has 0 heterocycles. The van der Waals surface area contributed by atoms with Gasteiger partial charge in [0.15, 0.2) is 0 Å². The second kappa shape index (κ2) is 3.91. The van der Waals surface area contributed by atoms with Crippen LogP contribution in [0.25, 0.3) is 0 Å². The summed E-state index contributed by atoms with van der Waals surface area (Å²) in [5.74, 6) is 0. The monoisotopic (exact) mass is 226 g/mol. The minimum atomic E-state index is 0. The van der Waals surface area contributed by atoms with E-state index in [0.29, 0.717) is 0 Å². The fourth-order valence-corrected chi connectivity index (χ4v) is 0.898. The zero-order valence-electron chi connectivity index (χ0n) is 6.55. The van der Waals surface area contributed by atoms with Crippen LogP contribution in [0.15, 0.2) is 18.2 Å². The molecule has 0 aromatic heterocycles. The molecule has 0 saturated heterocycles. The van der Waals surface area contributed by atoms with Gasteiger partial charge in [0.05, 0.1) is 0 Å². The Kier molecular flexibility index (Phi) is 3.86. The van der Waals surface area contributed by atoms with Crippen molar-refractivity contribution in [1.82, 2.24) is 0 Å². The Morgan fingerprint density at radius 1 is 0.900 bits per heavy atom. The first-order valence-corrected chi connectivity index (χ1v) is 3.24. The van der Waals surface area contributed by atoms with Gasteiger partial charge in [-0.3, -0.25) is 0 Å². The van der Waals surface area contributed by atoms with E-state index in [1.165, 1.54) is 16.7 Å². The number of hydrogen-bond donors (Lipinski definition) is 0. The Morgan fingerprint density at radius 2 is 1.30 bits per heavy atom. The summed E-state index contributed by atoms with van der Waals surface area (Å²) in [7, 11) is 0. The van der Waals surface area contributed by atoms with Crippen molar-refractivity contribution in [2.75, 3.05) is 0 Å². The normalized spacial score (nSPS) is 8.70. The molecule has 0 saturated carbocycles. The van der Waals surface area contributed by atoms with Gasteiger partial charge in [0.1, 0.15) is 0 Å². The molecule has 10 heavy (non-hydrogen) atoms. The first-order chi connectivity index (χ1) is 4.22. The predicted molar refractivity (Wildman–Crippen MR) is 40.7 cm³/mol. The number of benzene rings is 1. The second-order valence-corrected chi connectivity index (χ2v) is 2.52. The number of aryl methyl sites for hydroxylation is 2. The van der Waals surface area contributed by atoms with Gasteiger partial charge < -0.3 is 0 Å². The molecule has 1 rings (SSSR count). The van der Waals surface area contributed by atoms with Crippen molar-refractivity contribution in [3.8, 4) is 0 Å². The van der Waals surface area contributed by atoms with Gasteiger partial charge in [-0.25, -0.2) is 0 Å².